The quantitative estimate of drug-likeness (QED) is 0.691. The van der Waals surface area contributed by atoms with E-state index < -0.39 is 0 Å². The third kappa shape index (κ3) is 3.45. The van der Waals surface area contributed by atoms with E-state index in [1.807, 2.05) is 30.3 Å². The smallest absolute Gasteiger partial charge is 0.251 e. The highest BCUT2D eigenvalue weighted by molar-refractivity contribution is 7.99. The number of nitrogens with one attached hydrogen (secondary N) is 1. The summed E-state index contributed by atoms with van der Waals surface area (Å²) in [5, 5.41) is 4.03. The molecule has 0 aliphatic carbocycles. The van der Waals surface area contributed by atoms with Crippen molar-refractivity contribution < 1.29 is 14.3 Å². The number of hydrogen-bond acceptors (Lipinski definition) is 5. The molecule has 28 heavy (non-hydrogen) atoms. The minimum atomic E-state index is -0.166. The maximum Gasteiger partial charge on any atom is 0.251 e. The lowest BCUT2D eigenvalue weighted by molar-refractivity contribution is 0.0949. The molecule has 7 heteroatoms. The normalized spacial score (nSPS) is 12.5. The lowest BCUT2D eigenvalue weighted by Crippen LogP contribution is -2.24. The maximum absolute atomic E-state index is 12.7. The summed E-state index contributed by atoms with van der Waals surface area (Å²) in [7, 11) is 3.12. The fourth-order valence-electron chi connectivity index (χ4n) is 3.28. The fourth-order valence-corrected chi connectivity index (χ4v) is 4.25. The second-order valence-corrected chi connectivity index (χ2v) is 7.37. The number of carbonyl (C=O) groups is 1. The molecular formula is C21H21N3O3S. The first-order valence-electron chi connectivity index (χ1n) is 8.99. The lowest BCUT2D eigenvalue weighted by Gasteiger charge is -2.12. The molecule has 144 valence electrons. The van der Waals surface area contributed by atoms with Crippen LogP contribution in [0.15, 0.2) is 53.7 Å². The van der Waals surface area contributed by atoms with Crippen molar-refractivity contribution in [1.29, 1.82) is 0 Å². The van der Waals surface area contributed by atoms with E-state index in [2.05, 4.69) is 9.88 Å². The van der Waals surface area contributed by atoms with Crippen molar-refractivity contribution in [3.63, 3.8) is 0 Å². The molecule has 1 amide bonds. The van der Waals surface area contributed by atoms with Gasteiger partial charge in [-0.2, -0.15) is 0 Å². The minimum Gasteiger partial charge on any atom is -0.493 e. The summed E-state index contributed by atoms with van der Waals surface area (Å²) >= 11 is 1.75. The number of carbonyl (C=O) groups excluding carboxylic acids is 1. The number of aromatic nitrogens is 2. The van der Waals surface area contributed by atoms with Crippen molar-refractivity contribution in [3.05, 3.63) is 59.8 Å². The zero-order valence-corrected chi connectivity index (χ0v) is 16.6. The van der Waals surface area contributed by atoms with Crippen LogP contribution in [0.2, 0.25) is 0 Å². The Morgan fingerprint density at radius 2 is 1.93 bits per heavy atom. The molecule has 3 aromatic rings. The number of nitrogens with zero attached hydrogens (tertiary/aromatic N) is 2. The largest absolute Gasteiger partial charge is 0.493 e. The molecule has 2 aromatic carbocycles. The summed E-state index contributed by atoms with van der Waals surface area (Å²) in [6.45, 7) is 1.31. The van der Waals surface area contributed by atoms with Crippen molar-refractivity contribution >= 4 is 17.7 Å². The molecule has 0 bridgehead atoms. The number of imidazole rings is 1. The molecule has 1 aliphatic rings. The van der Waals surface area contributed by atoms with Crippen LogP contribution in [0.1, 0.15) is 16.1 Å². The molecule has 0 radical (unpaired) electrons. The maximum atomic E-state index is 12.7. The zero-order valence-electron chi connectivity index (χ0n) is 15.8. The van der Waals surface area contributed by atoms with Gasteiger partial charge >= 0.3 is 0 Å². The first kappa shape index (κ1) is 18.4. The van der Waals surface area contributed by atoms with E-state index in [1.165, 1.54) is 0 Å². The van der Waals surface area contributed by atoms with Crippen LogP contribution in [0, 0.1) is 0 Å². The zero-order chi connectivity index (χ0) is 19.5. The van der Waals surface area contributed by atoms with E-state index in [4.69, 9.17) is 14.5 Å². The highest BCUT2D eigenvalue weighted by Gasteiger charge is 2.23. The Bertz CT molecular complexity index is 1000. The summed E-state index contributed by atoms with van der Waals surface area (Å²) in [6.07, 6.45) is 0. The van der Waals surface area contributed by atoms with Gasteiger partial charge in [0.05, 0.1) is 32.2 Å². The summed E-state index contributed by atoms with van der Waals surface area (Å²) in [4.78, 5) is 17.5. The van der Waals surface area contributed by atoms with Gasteiger partial charge in [0.25, 0.3) is 5.91 Å². The molecule has 0 atom stereocenters. The Hall–Kier alpha value is -2.93. The fraction of sp³-hybridized carbons (Fsp3) is 0.238. The molecule has 1 N–H and O–H groups in total. The Morgan fingerprint density at radius 3 is 2.68 bits per heavy atom. The van der Waals surface area contributed by atoms with Crippen molar-refractivity contribution in [1.82, 2.24) is 14.9 Å². The molecule has 0 fully saturated rings. The SMILES string of the molecule is COc1ccc(C(=O)NCc2c(-c3ccccc3)nc3n2CCS3)cc1OC. The predicted octanol–water partition coefficient (Wildman–Crippen LogP) is 3.60. The van der Waals surface area contributed by atoms with Crippen LogP contribution in [-0.2, 0) is 13.1 Å². The number of rotatable bonds is 6. The van der Waals surface area contributed by atoms with Crippen LogP contribution >= 0.6 is 11.8 Å². The van der Waals surface area contributed by atoms with E-state index in [0.29, 0.717) is 23.6 Å². The van der Waals surface area contributed by atoms with Gasteiger partial charge in [-0.3, -0.25) is 4.79 Å². The third-order valence-electron chi connectivity index (χ3n) is 4.69. The highest BCUT2D eigenvalue weighted by atomic mass is 32.2. The highest BCUT2D eigenvalue weighted by Crippen LogP contribution is 2.33. The molecule has 1 aliphatic heterocycles. The molecule has 6 nitrogen and oxygen atoms in total. The number of hydrogen-bond donors (Lipinski definition) is 1. The number of benzene rings is 2. The molecule has 1 aromatic heterocycles. The van der Waals surface area contributed by atoms with E-state index in [1.54, 1.807) is 44.2 Å². The van der Waals surface area contributed by atoms with Gasteiger partial charge in [0, 0.05) is 23.4 Å². The average Bonchev–Trinajstić information content (AvgIpc) is 3.33. The van der Waals surface area contributed by atoms with Crippen molar-refractivity contribution in [3.8, 4) is 22.8 Å². The minimum absolute atomic E-state index is 0.166. The van der Waals surface area contributed by atoms with Crippen LogP contribution in [-0.4, -0.2) is 35.4 Å². The van der Waals surface area contributed by atoms with Crippen molar-refractivity contribution in [2.75, 3.05) is 20.0 Å². The molecule has 2 heterocycles. The van der Waals surface area contributed by atoms with Crippen molar-refractivity contribution in [2.45, 2.75) is 18.2 Å². The third-order valence-corrected chi connectivity index (χ3v) is 5.65. The molecule has 0 spiro atoms. The topological polar surface area (TPSA) is 65.4 Å². The predicted molar refractivity (Wildman–Crippen MR) is 109 cm³/mol. The Morgan fingerprint density at radius 1 is 1.14 bits per heavy atom. The lowest BCUT2D eigenvalue weighted by atomic mass is 10.1. The Kier molecular flexibility index (Phi) is 5.25. The molecular weight excluding hydrogens is 374 g/mol. The van der Waals surface area contributed by atoms with Crippen LogP contribution in [0.5, 0.6) is 11.5 Å². The van der Waals surface area contributed by atoms with Gasteiger partial charge in [0.1, 0.15) is 0 Å². The van der Waals surface area contributed by atoms with Gasteiger partial charge in [0.2, 0.25) is 0 Å². The van der Waals surface area contributed by atoms with Crippen LogP contribution in [0.25, 0.3) is 11.3 Å². The number of thioether (sulfide) groups is 1. The first-order chi connectivity index (χ1) is 13.7. The summed E-state index contributed by atoms with van der Waals surface area (Å²) in [6, 6.07) is 15.2. The molecule has 0 saturated carbocycles. The second kappa shape index (κ2) is 7.98. The van der Waals surface area contributed by atoms with Crippen LogP contribution in [0.4, 0.5) is 0 Å². The van der Waals surface area contributed by atoms with Crippen LogP contribution in [0.3, 0.4) is 0 Å². The number of amides is 1. The van der Waals surface area contributed by atoms with Gasteiger partial charge in [-0.15, -0.1) is 0 Å². The van der Waals surface area contributed by atoms with Crippen molar-refractivity contribution in [2.24, 2.45) is 0 Å². The van der Waals surface area contributed by atoms with Gasteiger partial charge in [-0.05, 0) is 18.2 Å². The Labute approximate surface area is 167 Å². The number of fused-ring (bicyclic) bond motifs is 1. The van der Waals surface area contributed by atoms with E-state index in [0.717, 1.165) is 34.4 Å². The van der Waals surface area contributed by atoms with Gasteiger partial charge in [0.15, 0.2) is 16.7 Å². The second-order valence-electron chi connectivity index (χ2n) is 6.31. The number of methoxy groups -OCH3 is 2. The molecule has 0 saturated heterocycles. The average molecular weight is 395 g/mol. The van der Waals surface area contributed by atoms with Crippen LogP contribution < -0.4 is 14.8 Å². The van der Waals surface area contributed by atoms with E-state index in [9.17, 15) is 4.79 Å². The standard InChI is InChI=1S/C21H21N3O3S/c1-26-17-9-8-15(12-18(17)27-2)20(25)22-13-16-19(14-6-4-3-5-7-14)23-21-24(16)10-11-28-21/h3-9,12H,10-11,13H2,1-2H3,(H,22,25). The van der Waals surface area contributed by atoms with Gasteiger partial charge in [-0.25, -0.2) is 4.98 Å². The summed E-state index contributed by atoms with van der Waals surface area (Å²) in [5.74, 6) is 1.97. The van der Waals surface area contributed by atoms with E-state index in [-0.39, 0.29) is 5.91 Å². The monoisotopic (exact) mass is 395 g/mol. The molecule has 0 unspecified atom stereocenters. The Balaban J connectivity index is 1.58. The number of ether oxygens (including phenoxy) is 2. The molecule has 4 rings (SSSR count). The van der Waals surface area contributed by atoms with E-state index >= 15 is 0 Å². The van der Waals surface area contributed by atoms with Gasteiger partial charge in [-0.1, -0.05) is 42.1 Å². The first-order valence-corrected chi connectivity index (χ1v) is 9.97. The summed E-state index contributed by atoms with van der Waals surface area (Å²) in [5.41, 5.74) is 3.53. The van der Waals surface area contributed by atoms with Gasteiger partial charge < -0.3 is 19.4 Å². The summed E-state index contributed by atoms with van der Waals surface area (Å²) < 4.78 is 12.7.